The first-order valence-electron chi connectivity index (χ1n) is 9.66. The highest BCUT2D eigenvalue weighted by molar-refractivity contribution is 7.92. The number of anilines is 2. The van der Waals surface area contributed by atoms with E-state index in [4.69, 9.17) is 27.9 Å². The molecule has 1 aliphatic rings. The molecular formula is C22H17Cl2FN2O5S. The Labute approximate surface area is 199 Å². The van der Waals surface area contributed by atoms with Gasteiger partial charge in [-0.05, 0) is 54.6 Å². The minimum Gasteiger partial charge on any atom is -0.484 e. The normalized spacial score (nSPS) is 15.5. The summed E-state index contributed by atoms with van der Waals surface area (Å²) in [6, 6.07) is 13.5. The van der Waals surface area contributed by atoms with E-state index in [1.54, 1.807) is 6.07 Å². The van der Waals surface area contributed by atoms with Crippen LogP contribution in [-0.2, 0) is 10.0 Å². The van der Waals surface area contributed by atoms with Gasteiger partial charge in [0.25, 0.3) is 15.9 Å². The predicted octanol–water partition coefficient (Wildman–Crippen LogP) is 4.33. The van der Waals surface area contributed by atoms with E-state index < -0.39 is 34.5 Å². The van der Waals surface area contributed by atoms with E-state index in [-0.39, 0.29) is 44.2 Å². The maximum Gasteiger partial charge on any atom is 0.264 e. The number of hydrogen-bond acceptors (Lipinski definition) is 5. The van der Waals surface area contributed by atoms with Crippen LogP contribution in [0.4, 0.5) is 15.8 Å². The Bertz CT molecular complexity index is 1300. The van der Waals surface area contributed by atoms with Crippen LogP contribution in [-0.4, -0.2) is 38.7 Å². The van der Waals surface area contributed by atoms with Crippen LogP contribution in [0.3, 0.4) is 0 Å². The minimum absolute atomic E-state index is 0.0749. The number of nitrogens with zero attached hydrogens (tertiary/aromatic N) is 1. The van der Waals surface area contributed by atoms with Crippen molar-refractivity contribution in [3.8, 4) is 5.75 Å². The second-order valence-electron chi connectivity index (χ2n) is 7.15. The molecule has 1 aliphatic heterocycles. The summed E-state index contributed by atoms with van der Waals surface area (Å²) in [4.78, 5) is 12.6. The van der Waals surface area contributed by atoms with Crippen molar-refractivity contribution in [3.05, 3.63) is 82.1 Å². The smallest absolute Gasteiger partial charge is 0.264 e. The molecule has 0 radical (unpaired) electrons. The Morgan fingerprint density at radius 3 is 2.42 bits per heavy atom. The molecule has 1 heterocycles. The zero-order valence-corrected chi connectivity index (χ0v) is 19.2. The van der Waals surface area contributed by atoms with Crippen LogP contribution in [0.2, 0.25) is 10.0 Å². The number of carbonyl (C=O) groups excluding carboxylic acids is 1. The van der Waals surface area contributed by atoms with Crippen LogP contribution in [0.15, 0.2) is 65.6 Å². The summed E-state index contributed by atoms with van der Waals surface area (Å²) in [6.07, 6.45) is -0.810. The lowest BCUT2D eigenvalue weighted by molar-refractivity contribution is 0.102. The van der Waals surface area contributed by atoms with Gasteiger partial charge in [0.2, 0.25) is 0 Å². The van der Waals surface area contributed by atoms with E-state index in [2.05, 4.69) is 5.32 Å². The van der Waals surface area contributed by atoms with E-state index in [0.717, 1.165) is 28.6 Å². The summed E-state index contributed by atoms with van der Waals surface area (Å²) in [5.41, 5.74) is 0.484. The summed E-state index contributed by atoms with van der Waals surface area (Å²) in [6.45, 7) is -0.602. The molecule has 4 rings (SSSR count). The highest BCUT2D eigenvalue weighted by Gasteiger charge is 2.34. The van der Waals surface area contributed by atoms with Gasteiger partial charge in [-0.25, -0.2) is 12.8 Å². The molecule has 0 aromatic heterocycles. The lowest BCUT2D eigenvalue weighted by atomic mass is 10.1. The van der Waals surface area contributed by atoms with Crippen molar-refractivity contribution in [2.75, 3.05) is 22.8 Å². The number of rotatable bonds is 5. The summed E-state index contributed by atoms with van der Waals surface area (Å²) in [5, 5.41) is 12.6. The van der Waals surface area contributed by atoms with Crippen molar-refractivity contribution in [1.29, 1.82) is 0 Å². The number of amides is 1. The van der Waals surface area contributed by atoms with Crippen molar-refractivity contribution in [1.82, 2.24) is 0 Å². The number of ether oxygens (including phenoxy) is 1. The van der Waals surface area contributed by atoms with Crippen LogP contribution in [0.5, 0.6) is 5.75 Å². The molecule has 0 fully saturated rings. The topological polar surface area (TPSA) is 95.9 Å². The third kappa shape index (κ3) is 4.63. The van der Waals surface area contributed by atoms with Crippen molar-refractivity contribution in [3.63, 3.8) is 0 Å². The van der Waals surface area contributed by atoms with Crippen LogP contribution < -0.4 is 14.4 Å². The van der Waals surface area contributed by atoms with Crippen LogP contribution >= 0.6 is 23.2 Å². The Balaban J connectivity index is 1.72. The van der Waals surface area contributed by atoms with E-state index in [9.17, 15) is 22.7 Å². The van der Waals surface area contributed by atoms with Gasteiger partial charge in [-0.3, -0.25) is 9.10 Å². The Morgan fingerprint density at radius 1 is 1.12 bits per heavy atom. The van der Waals surface area contributed by atoms with E-state index in [1.165, 1.54) is 30.3 Å². The molecule has 1 unspecified atom stereocenters. The average Bonchev–Trinajstić information content (AvgIpc) is 2.78. The molecule has 7 nitrogen and oxygen atoms in total. The molecule has 33 heavy (non-hydrogen) atoms. The number of halogens is 3. The zero-order chi connectivity index (χ0) is 23.8. The first kappa shape index (κ1) is 23.3. The molecule has 0 saturated heterocycles. The molecule has 1 amide bonds. The Kier molecular flexibility index (Phi) is 6.49. The van der Waals surface area contributed by atoms with Crippen molar-refractivity contribution in [2.24, 2.45) is 0 Å². The number of aliphatic hydroxyl groups excluding tert-OH is 1. The maximum atomic E-state index is 13.3. The highest BCUT2D eigenvalue weighted by Crippen LogP contribution is 2.39. The number of benzene rings is 3. The number of nitrogens with one attached hydrogen (secondary N) is 1. The summed E-state index contributed by atoms with van der Waals surface area (Å²) < 4.78 is 46.7. The molecule has 0 bridgehead atoms. The van der Waals surface area contributed by atoms with Gasteiger partial charge in [0, 0.05) is 5.69 Å². The fourth-order valence-corrected chi connectivity index (χ4v) is 5.42. The minimum atomic E-state index is -4.13. The number of carbonyl (C=O) groups is 1. The van der Waals surface area contributed by atoms with E-state index in [1.807, 2.05) is 0 Å². The van der Waals surface area contributed by atoms with Crippen molar-refractivity contribution < 1.29 is 27.4 Å². The quantitative estimate of drug-likeness (QED) is 0.532. The third-order valence-electron chi connectivity index (χ3n) is 4.94. The van der Waals surface area contributed by atoms with Gasteiger partial charge in [-0.2, -0.15) is 0 Å². The van der Waals surface area contributed by atoms with Crippen LogP contribution in [0.25, 0.3) is 0 Å². The molecule has 3 aromatic rings. The molecule has 172 valence electrons. The first-order valence-corrected chi connectivity index (χ1v) is 11.9. The fourth-order valence-electron chi connectivity index (χ4n) is 3.35. The van der Waals surface area contributed by atoms with Gasteiger partial charge in [-0.15, -0.1) is 0 Å². The van der Waals surface area contributed by atoms with Crippen LogP contribution in [0, 0.1) is 5.82 Å². The Morgan fingerprint density at radius 2 is 1.79 bits per heavy atom. The summed E-state index contributed by atoms with van der Waals surface area (Å²) in [5.74, 6) is -0.962. The highest BCUT2D eigenvalue weighted by atomic mass is 35.5. The standard InChI is InChI=1S/C22H17Cl2FN2O5S/c23-17-2-1-3-18(24)21(17)22(29)26-14-6-9-20-19(10-14)27(11-15(12-28)32-20)33(30,31)16-7-4-13(25)5-8-16/h1-10,15,28H,11-12H2,(H,26,29). The van der Waals surface area contributed by atoms with Crippen LogP contribution in [0.1, 0.15) is 10.4 Å². The predicted molar refractivity (Wildman–Crippen MR) is 123 cm³/mol. The molecule has 0 saturated carbocycles. The van der Waals surface area contributed by atoms with Gasteiger partial charge in [0.05, 0.1) is 39.3 Å². The number of sulfonamides is 1. The van der Waals surface area contributed by atoms with Gasteiger partial charge in [-0.1, -0.05) is 29.3 Å². The van der Waals surface area contributed by atoms with Crippen molar-refractivity contribution >= 4 is 50.5 Å². The number of fused-ring (bicyclic) bond motifs is 1. The van der Waals surface area contributed by atoms with E-state index >= 15 is 0 Å². The molecule has 3 aromatic carbocycles. The lowest BCUT2D eigenvalue weighted by Crippen LogP contribution is -2.45. The monoisotopic (exact) mass is 510 g/mol. The molecular weight excluding hydrogens is 494 g/mol. The second kappa shape index (κ2) is 9.18. The van der Waals surface area contributed by atoms with Gasteiger partial charge >= 0.3 is 0 Å². The van der Waals surface area contributed by atoms with E-state index in [0.29, 0.717) is 0 Å². The Hall–Kier alpha value is -2.85. The average molecular weight is 511 g/mol. The first-order chi connectivity index (χ1) is 15.7. The SMILES string of the molecule is O=C(Nc1ccc2c(c1)N(S(=O)(=O)c1ccc(F)cc1)CC(CO)O2)c1c(Cl)cccc1Cl. The van der Waals surface area contributed by atoms with Gasteiger partial charge in [0.15, 0.2) is 0 Å². The summed E-state index contributed by atoms with van der Waals surface area (Å²) >= 11 is 12.2. The maximum absolute atomic E-state index is 13.3. The summed E-state index contributed by atoms with van der Waals surface area (Å²) in [7, 11) is -4.13. The molecule has 2 N–H and O–H groups in total. The number of aliphatic hydroxyl groups is 1. The lowest BCUT2D eigenvalue weighted by Gasteiger charge is -2.35. The number of hydrogen-bond donors (Lipinski definition) is 2. The van der Waals surface area contributed by atoms with Gasteiger partial charge < -0.3 is 15.2 Å². The third-order valence-corrected chi connectivity index (χ3v) is 7.37. The molecule has 11 heteroatoms. The fraction of sp³-hybridized carbons (Fsp3) is 0.136. The molecule has 0 spiro atoms. The second-order valence-corrected chi connectivity index (χ2v) is 9.82. The van der Waals surface area contributed by atoms with Gasteiger partial charge in [0.1, 0.15) is 17.7 Å². The van der Waals surface area contributed by atoms with Crippen molar-refractivity contribution in [2.45, 2.75) is 11.0 Å². The largest absolute Gasteiger partial charge is 0.484 e. The molecule has 0 aliphatic carbocycles. The zero-order valence-electron chi connectivity index (χ0n) is 16.8. The molecule has 1 atom stereocenters.